The lowest BCUT2D eigenvalue weighted by molar-refractivity contribution is -0.142. The number of hydrogen-bond donors (Lipinski definition) is 0. The fourth-order valence-electron chi connectivity index (χ4n) is 1.33. The third-order valence-corrected chi connectivity index (χ3v) is 2.83. The molecule has 0 radical (unpaired) electrons. The van der Waals surface area contributed by atoms with Gasteiger partial charge in [0.25, 0.3) is 0 Å². The van der Waals surface area contributed by atoms with Crippen molar-refractivity contribution in [2.24, 2.45) is 0 Å². The molecule has 0 bridgehead atoms. The average Bonchev–Trinajstić information content (AvgIpc) is 2.29. The third kappa shape index (κ3) is 3.28. The lowest BCUT2D eigenvalue weighted by Gasteiger charge is -2.04. The number of nitriles is 1. The van der Waals surface area contributed by atoms with Gasteiger partial charge < -0.3 is 4.74 Å². The van der Waals surface area contributed by atoms with Crippen LogP contribution in [0.4, 0.5) is 0 Å². The number of benzene rings is 1. The van der Waals surface area contributed by atoms with Crippen LogP contribution in [-0.2, 0) is 16.0 Å². The molecule has 0 fully saturated rings. The zero-order valence-electron chi connectivity index (χ0n) is 9.32. The van der Waals surface area contributed by atoms with Gasteiger partial charge in [-0.3, -0.25) is 4.79 Å². The normalized spacial score (nSPS) is 9.56. The summed E-state index contributed by atoms with van der Waals surface area (Å²) in [6, 6.07) is 7.57. The molecule has 1 aromatic carbocycles. The molecule has 0 N–H and O–H groups in total. The number of esters is 1. The Morgan fingerprint density at radius 1 is 1.56 bits per heavy atom. The van der Waals surface area contributed by atoms with E-state index in [2.05, 4.69) is 6.07 Å². The Bertz CT molecular complexity index is 424. The summed E-state index contributed by atoms with van der Waals surface area (Å²) < 4.78 is 4.85. The lowest BCUT2D eigenvalue weighted by atomic mass is 10.1. The van der Waals surface area contributed by atoms with Gasteiger partial charge in [0.2, 0.25) is 0 Å². The minimum atomic E-state index is -0.261. The van der Waals surface area contributed by atoms with Crippen LogP contribution in [0.3, 0.4) is 0 Å². The molecule has 0 aliphatic carbocycles. The maximum Gasteiger partial charge on any atom is 0.310 e. The zero-order valence-corrected chi connectivity index (χ0v) is 10.1. The molecule has 0 saturated carbocycles. The minimum absolute atomic E-state index is 0.219. The van der Waals surface area contributed by atoms with Gasteiger partial charge in [0.05, 0.1) is 18.6 Å². The van der Waals surface area contributed by atoms with Gasteiger partial charge >= 0.3 is 5.97 Å². The van der Waals surface area contributed by atoms with Crippen molar-refractivity contribution < 1.29 is 9.53 Å². The van der Waals surface area contributed by atoms with Crippen LogP contribution >= 0.6 is 11.8 Å². The van der Waals surface area contributed by atoms with Gasteiger partial charge in [-0.25, -0.2) is 0 Å². The fourth-order valence-corrected chi connectivity index (χ4v) is 1.86. The van der Waals surface area contributed by atoms with Crippen LogP contribution in [-0.4, -0.2) is 18.8 Å². The Morgan fingerprint density at radius 2 is 2.31 bits per heavy atom. The second-order valence-electron chi connectivity index (χ2n) is 3.13. The molecule has 0 atom stereocenters. The molecular formula is C12H13NO2S. The first-order valence-corrected chi connectivity index (χ1v) is 6.16. The van der Waals surface area contributed by atoms with Gasteiger partial charge in [0.15, 0.2) is 0 Å². The number of thioether (sulfide) groups is 1. The fraction of sp³-hybridized carbons (Fsp3) is 0.333. The molecular weight excluding hydrogens is 222 g/mol. The van der Waals surface area contributed by atoms with Crippen LogP contribution in [0.25, 0.3) is 0 Å². The second kappa shape index (κ2) is 6.19. The Labute approximate surface area is 99.4 Å². The highest BCUT2D eigenvalue weighted by molar-refractivity contribution is 7.98. The SMILES string of the molecule is CCOC(=O)Cc1ccc(SC)c(C#N)c1. The largest absolute Gasteiger partial charge is 0.466 e. The van der Waals surface area contributed by atoms with Crippen LogP contribution in [0.2, 0.25) is 0 Å². The maximum absolute atomic E-state index is 11.3. The van der Waals surface area contributed by atoms with Crippen molar-refractivity contribution in [3.05, 3.63) is 29.3 Å². The summed E-state index contributed by atoms with van der Waals surface area (Å²) in [6.45, 7) is 2.16. The van der Waals surface area contributed by atoms with Crippen molar-refractivity contribution in [2.75, 3.05) is 12.9 Å². The maximum atomic E-state index is 11.3. The Morgan fingerprint density at radius 3 is 2.88 bits per heavy atom. The first kappa shape index (κ1) is 12.6. The number of carbonyl (C=O) groups excluding carboxylic acids is 1. The van der Waals surface area contributed by atoms with E-state index in [1.165, 1.54) is 11.8 Å². The number of carbonyl (C=O) groups is 1. The van der Waals surface area contributed by atoms with Gasteiger partial charge in [0.1, 0.15) is 6.07 Å². The highest BCUT2D eigenvalue weighted by Gasteiger charge is 2.07. The highest BCUT2D eigenvalue weighted by Crippen LogP contribution is 2.21. The summed E-state index contributed by atoms with van der Waals surface area (Å²) in [7, 11) is 0. The second-order valence-corrected chi connectivity index (χ2v) is 3.98. The number of rotatable bonds is 4. The molecule has 84 valence electrons. The Hall–Kier alpha value is -1.47. The molecule has 1 aromatic rings. The van der Waals surface area contributed by atoms with E-state index >= 15 is 0 Å². The Balaban J connectivity index is 2.84. The topological polar surface area (TPSA) is 50.1 Å². The van der Waals surface area contributed by atoms with Crippen LogP contribution in [0.15, 0.2) is 23.1 Å². The number of ether oxygens (including phenoxy) is 1. The van der Waals surface area contributed by atoms with Crippen molar-refractivity contribution in [2.45, 2.75) is 18.2 Å². The molecule has 0 aromatic heterocycles. The van der Waals surface area contributed by atoms with Crippen LogP contribution < -0.4 is 0 Å². The zero-order chi connectivity index (χ0) is 12.0. The molecule has 0 spiro atoms. The predicted octanol–water partition coefficient (Wildman–Crippen LogP) is 2.39. The molecule has 0 amide bonds. The minimum Gasteiger partial charge on any atom is -0.466 e. The van der Waals surface area contributed by atoms with Crippen molar-refractivity contribution in [3.8, 4) is 6.07 Å². The quantitative estimate of drug-likeness (QED) is 0.594. The van der Waals surface area contributed by atoms with E-state index in [4.69, 9.17) is 10.00 Å². The number of nitrogens with zero attached hydrogens (tertiary/aromatic N) is 1. The number of hydrogen-bond acceptors (Lipinski definition) is 4. The molecule has 0 aliphatic rings. The van der Waals surface area contributed by atoms with Crippen LogP contribution in [0.5, 0.6) is 0 Å². The van der Waals surface area contributed by atoms with Crippen molar-refractivity contribution in [3.63, 3.8) is 0 Å². The van der Waals surface area contributed by atoms with Gasteiger partial charge in [-0.2, -0.15) is 5.26 Å². The monoisotopic (exact) mass is 235 g/mol. The van der Waals surface area contributed by atoms with E-state index in [0.29, 0.717) is 12.2 Å². The first-order valence-electron chi connectivity index (χ1n) is 4.94. The van der Waals surface area contributed by atoms with E-state index in [1.807, 2.05) is 18.4 Å². The summed E-state index contributed by atoms with van der Waals surface area (Å²) in [5.41, 5.74) is 1.42. The molecule has 0 heterocycles. The highest BCUT2D eigenvalue weighted by atomic mass is 32.2. The molecule has 4 heteroatoms. The van der Waals surface area contributed by atoms with Crippen molar-refractivity contribution in [1.82, 2.24) is 0 Å². The van der Waals surface area contributed by atoms with Gasteiger partial charge in [-0.05, 0) is 30.9 Å². The third-order valence-electron chi connectivity index (χ3n) is 2.04. The molecule has 0 saturated heterocycles. The molecule has 16 heavy (non-hydrogen) atoms. The van der Waals surface area contributed by atoms with Crippen LogP contribution in [0.1, 0.15) is 18.1 Å². The van der Waals surface area contributed by atoms with E-state index in [-0.39, 0.29) is 12.4 Å². The van der Waals surface area contributed by atoms with Gasteiger partial charge in [-0.1, -0.05) is 6.07 Å². The van der Waals surface area contributed by atoms with Crippen LogP contribution in [0, 0.1) is 11.3 Å². The molecule has 0 unspecified atom stereocenters. The van der Waals surface area contributed by atoms with E-state index in [9.17, 15) is 4.79 Å². The molecule has 3 nitrogen and oxygen atoms in total. The summed E-state index contributed by atoms with van der Waals surface area (Å²) in [5, 5.41) is 8.93. The van der Waals surface area contributed by atoms with Gasteiger partial charge in [-0.15, -0.1) is 11.8 Å². The summed E-state index contributed by atoms with van der Waals surface area (Å²) >= 11 is 1.52. The predicted molar refractivity (Wildman–Crippen MR) is 63.3 cm³/mol. The first-order chi connectivity index (χ1) is 7.71. The Kier molecular flexibility index (Phi) is 4.87. The summed E-state index contributed by atoms with van der Waals surface area (Å²) in [5.74, 6) is -0.261. The standard InChI is InChI=1S/C12H13NO2S/c1-3-15-12(14)7-9-4-5-11(16-2)10(6-9)8-13/h4-6H,3,7H2,1-2H3. The van der Waals surface area contributed by atoms with E-state index in [1.54, 1.807) is 13.0 Å². The van der Waals surface area contributed by atoms with Crippen molar-refractivity contribution >= 4 is 17.7 Å². The smallest absolute Gasteiger partial charge is 0.310 e. The van der Waals surface area contributed by atoms with E-state index < -0.39 is 0 Å². The van der Waals surface area contributed by atoms with E-state index in [0.717, 1.165) is 10.5 Å². The van der Waals surface area contributed by atoms with Crippen molar-refractivity contribution in [1.29, 1.82) is 5.26 Å². The summed E-state index contributed by atoms with van der Waals surface area (Å²) in [4.78, 5) is 12.2. The lowest BCUT2D eigenvalue weighted by Crippen LogP contribution is -2.07. The van der Waals surface area contributed by atoms with Gasteiger partial charge in [0, 0.05) is 4.90 Å². The molecule has 0 aliphatic heterocycles. The summed E-state index contributed by atoms with van der Waals surface area (Å²) in [6.07, 6.45) is 2.14. The molecule has 1 rings (SSSR count). The average molecular weight is 235 g/mol.